The zero-order valence-corrected chi connectivity index (χ0v) is 13.7. The Kier molecular flexibility index (Phi) is 4.78. The highest BCUT2D eigenvalue weighted by Crippen LogP contribution is 2.25. The van der Waals surface area contributed by atoms with Gasteiger partial charge in [0, 0.05) is 25.8 Å². The van der Waals surface area contributed by atoms with E-state index in [-0.39, 0.29) is 5.41 Å². The van der Waals surface area contributed by atoms with Crippen LogP contribution in [0.5, 0.6) is 0 Å². The number of methoxy groups -OCH3 is 1. The molecule has 114 valence electrons. The average Bonchev–Trinajstić information content (AvgIpc) is 2.80. The van der Waals surface area contributed by atoms with Crippen LogP contribution in [0.25, 0.3) is 11.4 Å². The van der Waals surface area contributed by atoms with E-state index < -0.39 is 0 Å². The molecule has 0 aliphatic rings. The van der Waals surface area contributed by atoms with Gasteiger partial charge in [0.25, 0.3) is 0 Å². The van der Waals surface area contributed by atoms with Gasteiger partial charge in [0.05, 0.1) is 0 Å². The molecule has 0 saturated heterocycles. The summed E-state index contributed by atoms with van der Waals surface area (Å²) in [4.78, 5) is 0. The second kappa shape index (κ2) is 6.39. The summed E-state index contributed by atoms with van der Waals surface area (Å²) in [6.07, 6.45) is 0.961. The smallest absolute Gasteiger partial charge is 0.163 e. The van der Waals surface area contributed by atoms with E-state index in [0.29, 0.717) is 0 Å². The van der Waals surface area contributed by atoms with Crippen molar-refractivity contribution in [2.45, 2.75) is 46.1 Å². The SMILES string of the molecule is COCCCn1c(C)nnc1-c1ccc(C(C)(C)C)cc1. The van der Waals surface area contributed by atoms with Crippen LogP contribution >= 0.6 is 0 Å². The first-order valence-electron chi connectivity index (χ1n) is 7.43. The van der Waals surface area contributed by atoms with E-state index in [4.69, 9.17) is 4.74 Å². The molecule has 0 atom stereocenters. The second-order valence-corrected chi connectivity index (χ2v) is 6.40. The van der Waals surface area contributed by atoms with Gasteiger partial charge in [-0.3, -0.25) is 0 Å². The molecule has 0 aliphatic heterocycles. The Labute approximate surface area is 127 Å². The van der Waals surface area contributed by atoms with Gasteiger partial charge >= 0.3 is 0 Å². The van der Waals surface area contributed by atoms with Gasteiger partial charge in [0.15, 0.2) is 5.82 Å². The Morgan fingerprint density at radius 1 is 1.10 bits per heavy atom. The molecular formula is C17H25N3O. The van der Waals surface area contributed by atoms with Crippen molar-refractivity contribution in [1.29, 1.82) is 0 Å². The minimum absolute atomic E-state index is 0.167. The summed E-state index contributed by atoms with van der Waals surface area (Å²) in [6.45, 7) is 10.3. The Hall–Kier alpha value is -1.68. The molecule has 4 heteroatoms. The Morgan fingerprint density at radius 2 is 1.76 bits per heavy atom. The number of ether oxygens (including phenoxy) is 1. The van der Waals surface area contributed by atoms with Crippen molar-refractivity contribution in [2.24, 2.45) is 0 Å². The predicted octanol–water partition coefficient (Wildman–Crippen LogP) is 3.59. The minimum atomic E-state index is 0.167. The molecular weight excluding hydrogens is 262 g/mol. The van der Waals surface area contributed by atoms with E-state index in [1.54, 1.807) is 7.11 Å². The molecule has 0 amide bonds. The van der Waals surface area contributed by atoms with Crippen molar-refractivity contribution in [2.75, 3.05) is 13.7 Å². The van der Waals surface area contributed by atoms with Gasteiger partial charge in [-0.05, 0) is 24.3 Å². The fraction of sp³-hybridized carbons (Fsp3) is 0.529. The van der Waals surface area contributed by atoms with Gasteiger partial charge in [0.2, 0.25) is 0 Å². The summed E-state index contributed by atoms with van der Waals surface area (Å²) in [6, 6.07) is 8.63. The van der Waals surface area contributed by atoms with E-state index in [1.807, 2.05) is 6.92 Å². The van der Waals surface area contributed by atoms with Crippen LogP contribution in [0.3, 0.4) is 0 Å². The third-order valence-electron chi connectivity index (χ3n) is 3.68. The fourth-order valence-electron chi connectivity index (χ4n) is 2.35. The van der Waals surface area contributed by atoms with Gasteiger partial charge in [-0.15, -0.1) is 10.2 Å². The molecule has 0 saturated carbocycles. The monoisotopic (exact) mass is 287 g/mol. The molecule has 1 heterocycles. The third kappa shape index (κ3) is 3.70. The fourth-order valence-corrected chi connectivity index (χ4v) is 2.35. The Morgan fingerprint density at radius 3 is 2.33 bits per heavy atom. The predicted molar refractivity (Wildman–Crippen MR) is 85.4 cm³/mol. The van der Waals surface area contributed by atoms with Crippen molar-refractivity contribution in [3.05, 3.63) is 35.7 Å². The maximum atomic E-state index is 5.12. The van der Waals surface area contributed by atoms with Crippen LogP contribution in [0, 0.1) is 6.92 Å². The maximum absolute atomic E-state index is 5.12. The second-order valence-electron chi connectivity index (χ2n) is 6.40. The van der Waals surface area contributed by atoms with Crippen molar-refractivity contribution in [3.8, 4) is 11.4 Å². The van der Waals surface area contributed by atoms with E-state index in [1.165, 1.54) is 5.56 Å². The van der Waals surface area contributed by atoms with Crippen LogP contribution in [0.4, 0.5) is 0 Å². The van der Waals surface area contributed by atoms with Crippen molar-refractivity contribution in [1.82, 2.24) is 14.8 Å². The van der Waals surface area contributed by atoms with Gasteiger partial charge in [0.1, 0.15) is 5.82 Å². The topological polar surface area (TPSA) is 39.9 Å². The van der Waals surface area contributed by atoms with Crippen molar-refractivity contribution in [3.63, 3.8) is 0 Å². The van der Waals surface area contributed by atoms with Crippen LogP contribution in [-0.2, 0) is 16.7 Å². The molecule has 0 bridgehead atoms. The summed E-state index contributed by atoms with van der Waals surface area (Å²) in [5.41, 5.74) is 2.61. The number of hydrogen-bond donors (Lipinski definition) is 0. The summed E-state index contributed by atoms with van der Waals surface area (Å²) in [5.74, 6) is 1.88. The standard InChI is InChI=1S/C17H25N3O/c1-13-18-19-16(20(13)11-6-12-21-5)14-7-9-15(10-8-14)17(2,3)4/h7-10H,6,11-12H2,1-5H3. The first kappa shape index (κ1) is 15.7. The minimum Gasteiger partial charge on any atom is -0.385 e. The molecule has 21 heavy (non-hydrogen) atoms. The normalized spacial score (nSPS) is 11.9. The lowest BCUT2D eigenvalue weighted by atomic mass is 9.87. The van der Waals surface area contributed by atoms with E-state index >= 15 is 0 Å². The largest absolute Gasteiger partial charge is 0.385 e. The molecule has 0 radical (unpaired) electrons. The lowest BCUT2D eigenvalue weighted by molar-refractivity contribution is 0.190. The molecule has 0 spiro atoms. The average molecular weight is 287 g/mol. The van der Waals surface area contributed by atoms with Crippen LogP contribution in [0.1, 0.15) is 38.6 Å². The zero-order chi connectivity index (χ0) is 15.5. The van der Waals surface area contributed by atoms with Gasteiger partial charge in [-0.1, -0.05) is 45.0 Å². The number of hydrogen-bond acceptors (Lipinski definition) is 3. The van der Waals surface area contributed by atoms with Crippen LogP contribution in [-0.4, -0.2) is 28.5 Å². The molecule has 2 rings (SSSR count). The Balaban J connectivity index is 2.26. The molecule has 0 unspecified atom stereocenters. The molecule has 2 aromatic rings. The Bertz CT molecular complexity index is 579. The van der Waals surface area contributed by atoms with Gasteiger partial charge in [-0.2, -0.15) is 0 Å². The van der Waals surface area contributed by atoms with E-state index in [0.717, 1.165) is 36.8 Å². The molecule has 1 aromatic heterocycles. The van der Waals surface area contributed by atoms with Gasteiger partial charge < -0.3 is 9.30 Å². The molecule has 0 aliphatic carbocycles. The number of rotatable bonds is 5. The number of benzene rings is 1. The van der Waals surface area contributed by atoms with Crippen LogP contribution in [0.15, 0.2) is 24.3 Å². The number of aromatic nitrogens is 3. The third-order valence-corrected chi connectivity index (χ3v) is 3.68. The summed E-state index contributed by atoms with van der Waals surface area (Å²) in [5, 5.41) is 8.54. The van der Waals surface area contributed by atoms with E-state index in [9.17, 15) is 0 Å². The lowest BCUT2D eigenvalue weighted by Crippen LogP contribution is -2.10. The van der Waals surface area contributed by atoms with Crippen molar-refractivity contribution < 1.29 is 4.74 Å². The first-order chi connectivity index (χ1) is 9.93. The highest BCUT2D eigenvalue weighted by Gasteiger charge is 2.15. The van der Waals surface area contributed by atoms with Gasteiger partial charge in [-0.25, -0.2) is 0 Å². The highest BCUT2D eigenvalue weighted by atomic mass is 16.5. The number of aryl methyl sites for hydroxylation is 1. The van der Waals surface area contributed by atoms with E-state index in [2.05, 4.69) is 59.8 Å². The van der Waals surface area contributed by atoms with Crippen molar-refractivity contribution >= 4 is 0 Å². The quantitative estimate of drug-likeness (QED) is 0.789. The maximum Gasteiger partial charge on any atom is 0.163 e. The van der Waals surface area contributed by atoms with Crippen LogP contribution in [0.2, 0.25) is 0 Å². The lowest BCUT2D eigenvalue weighted by Gasteiger charge is -2.19. The first-order valence-corrected chi connectivity index (χ1v) is 7.43. The molecule has 4 nitrogen and oxygen atoms in total. The summed E-state index contributed by atoms with van der Waals surface area (Å²) >= 11 is 0. The van der Waals surface area contributed by atoms with Crippen LogP contribution < -0.4 is 0 Å². The molecule has 1 aromatic carbocycles. The number of nitrogens with zero attached hydrogens (tertiary/aromatic N) is 3. The zero-order valence-electron chi connectivity index (χ0n) is 13.7. The highest BCUT2D eigenvalue weighted by molar-refractivity contribution is 5.56. The molecule has 0 N–H and O–H groups in total. The molecule has 0 fully saturated rings. The summed E-state index contributed by atoms with van der Waals surface area (Å²) < 4.78 is 7.28. The summed E-state index contributed by atoms with van der Waals surface area (Å²) in [7, 11) is 1.73.